The van der Waals surface area contributed by atoms with Crippen LogP contribution in [0, 0.1) is 0 Å². The molecule has 4 nitrogen and oxygen atoms in total. The van der Waals surface area contributed by atoms with Crippen molar-refractivity contribution in [1.29, 1.82) is 0 Å². The van der Waals surface area contributed by atoms with Crippen LogP contribution in [-0.4, -0.2) is 22.6 Å². The smallest absolute Gasteiger partial charge is 0.252 e. The summed E-state index contributed by atoms with van der Waals surface area (Å²) in [5, 5.41) is 5.16. The van der Waals surface area contributed by atoms with E-state index in [-0.39, 0.29) is 29.7 Å². The average molecular weight is 969 g/mol. The first-order valence-electron chi connectivity index (χ1n) is 27.4. The summed E-state index contributed by atoms with van der Waals surface area (Å²) >= 11 is 0. The zero-order chi connectivity index (χ0) is 51.4. The van der Waals surface area contributed by atoms with Crippen LogP contribution in [0.5, 0.6) is 0 Å². The highest BCUT2D eigenvalue weighted by Gasteiger charge is 2.52. The van der Waals surface area contributed by atoms with Crippen molar-refractivity contribution in [2.75, 3.05) is 9.80 Å². The third-order valence-electron chi connectivity index (χ3n) is 17.7. The Hall–Kier alpha value is -7.69. The van der Waals surface area contributed by atoms with E-state index in [1.165, 1.54) is 144 Å². The molecular formula is C69H62B2N4. The Balaban J connectivity index is 1.17. The van der Waals surface area contributed by atoms with Crippen LogP contribution in [0.25, 0.3) is 55.0 Å². The SMILES string of the molecule is CC(C)c1ccc(N2c3ccc(C(C)(C)C)cc3B3c4cc(C(C)(C)C)ccc4N4c5ccc(C(C)(C)C)cc5B5c6c(cc2c3c64)-n2c3ccccc3c3c2c5cc2c4ccccc4n(-c4ccccc4)c23)cc1. The first kappa shape index (κ1) is 44.8. The molecule has 0 unspecified atom stereocenters. The predicted octanol–water partition coefficient (Wildman–Crippen LogP) is 14.1. The maximum absolute atomic E-state index is 2.72. The minimum Gasteiger partial charge on any atom is -0.312 e. The molecule has 6 heteroatoms. The summed E-state index contributed by atoms with van der Waals surface area (Å²) in [4.78, 5) is 5.36. The molecule has 9 aromatic carbocycles. The van der Waals surface area contributed by atoms with Crippen molar-refractivity contribution in [1.82, 2.24) is 9.13 Å². The van der Waals surface area contributed by atoms with Crippen LogP contribution in [-0.2, 0) is 16.2 Å². The lowest BCUT2D eigenvalue weighted by Gasteiger charge is -2.50. The summed E-state index contributed by atoms with van der Waals surface area (Å²) in [6, 6.07) is 66.5. The van der Waals surface area contributed by atoms with Crippen molar-refractivity contribution < 1.29 is 0 Å². The molecule has 2 aromatic heterocycles. The van der Waals surface area contributed by atoms with Crippen molar-refractivity contribution in [2.24, 2.45) is 0 Å². The average Bonchev–Trinajstić information content (AvgIpc) is 4.01. The van der Waals surface area contributed by atoms with E-state index in [1.807, 2.05) is 0 Å². The van der Waals surface area contributed by atoms with Gasteiger partial charge in [-0.3, -0.25) is 0 Å². The number of nitrogens with zero attached hydrogens (tertiary/aromatic N) is 4. The highest BCUT2D eigenvalue weighted by molar-refractivity contribution is 7.05. The van der Waals surface area contributed by atoms with Crippen molar-refractivity contribution in [2.45, 2.75) is 98.3 Å². The van der Waals surface area contributed by atoms with E-state index < -0.39 is 0 Å². The fraction of sp³-hybridized carbons (Fsp3) is 0.217. The van der Waals surface area contributed by atoms with Gasteiger partial charge in [-0.1, -0.05) is 185 Å². The first-order chi connectivity index (χ1) is 36.0. The van der Waals surface area contributed by atoms with Gasteiger partial charge >= 0.3 is 0 Å². The largest absolute Gasteiger partial charge is 0.312 e. The lowest BCUT2D eigenvalue weighted by Crippen LogP contribution is -2.68. The third-order valence-corrected chi connectivity index (χ3v) is 17.7. The molecule has 6 heterocycles. The molecule has 0 bridgehead atoms. The highest BCUT2D eigenvalue weighted by atomic mass is 15.2. The second-order valence-corrected chi connectivity index (χ2v) is 25.6. The molecule has 75 heavy (non-hydrogen) atoms. The first-order valence-corrected chi connectivity index (χ1v) is 27.4. The van der Waals surface area contributed by atoms with Gasteiger partial charge in [-0.25, -0.2) is 0 Å². The number of aromatic nitrogens is 2. The Kier molecular flexibility index (Phi) is 8.95. The molecule has 0 aliphatic carbocycles. The van der Waals surface area contributed by atoms with Gasteiger partial charge in [-0.05, 0) is 138 Å². The molecule has 4 aliphatic rings. The molecule has 0 saturated heterocycles. The minimum absolute atomic E-state index is 0.0115. The van der Waals surface area contributed by atoms with Gasteiger partial charge in [0.15, 0.2) is 0 Å². The van der Waals surface area contributed by atoms with Crippen LogP contribution in [0.4, 0.5) is 34.1 Å². The Morgan fingerprint density at radius 1 is 0.373 bits per heavy atom. The van der Waals surface area contributed by atoms with Crippen LogP contribution in [0.2, 0.25) is 0 Å². The van der Waals surface area contributed by atoms with Crippen molar-refractivity contribution in [3.05, 3.63) is 192 Å². The molecular weight excluding hydrogens is 906 g/mol. The molecule has 0 amide bonds. The molecule has 11 aromatic rings. The summed E-state index contributed by atoms with van der Waals surface area (Å²) < 4.78 is 5.23. The molecule has 0 N–H and O–H groups in total. The van der Waals surface area contributed by atoms with Crippen molar-refractivity contribution in [3.8, 4) is 11.4 Å². The monoisotopic (exact) mass is 969 g/mol. The van der Waals surface area contributed by atoms with Gasteiger partial charge in [0.25, 0.3) is 13.4 Å². The number of fused-ring (bicyclic) bond motifs is 17. The fourth-order valence-corrected chi connectivity index (χ4v) is 13.9. The lowest BCUT2D eigenvalue weighted by molar-refractivity contribution is 0.590. The second-order valence-electron chi connectivity index (χ2n) is 25.6. The van der Waals surface area contributed by atoms with Gasteiger partial charge in [-0.2, -0.15) is 0 Å². The van der Waals surface area contributed by atoms with Gasteiger partial charge in [-0.15, -0.1) is 0 Å². The Bertz CT molecular complexity index is 4290. The summed E-state index contributed by atoms with van der Waals surface area (Å²) in [6.45, 7) is 25.8. The van der Waals surface area contributed by atoms with E-state index in [9.17, 15) is 0 Å². The normalized spacial score (nSPS) is 14.3. The van der Waals surface area contributed by atoms with E-state index in [1.54, 1.807) is 0 Å². The van der Waals surface area contributed by atoms with Crippen LogP contribution in [0.1, 0.15) is 104 Å². The third kappa shape index (κ3) is 6.03. The standard InChI is InChI=1S/C69H62B2N4/c1-40(2)41-25-30-46(31-26-41)72-56-32-27-42(67(3,4)5)35-50(56)70-51-36-43(68(6,7)8)28-33-57(51)75-58-34-29-44(69(9,10)11)37-52(58)71-53-38-49-47-21-15-17-23-54(47)73(45-19-13-12-14-20-45)64(49)61-48-22-16-18-24-55(48)74(65(53)61)60-39-59(72)62(70)66(75)63(60)71/h12-40H,1-11H3. The molecule has 15 rings (SSSR count). The quantitative estimate of drug-likeness (QED) is 0.164. The lowest BCUT2D eigenvalue weighted by atomic mass is 9.28. The minimum atomic E-state index is -0.0630. The van der Waals surface area contributed by atoms with E-state index >= 15 is 0 Å². The van der Waals surface area contributed by atoms with E-state index in [4.69, 9.17) is 0 Å². The zero-order valence-electron chi connectivity index (χ0n) is 45.2. The van der Waals surface area contributed by atoms with Gasteiger partial charge in [0.1, 0.15) is 0 Å². The highest BCUT2D eigenvalue weighted by Crippen LogP contribution is 2.50. The van der Waals surface area contributed by atoms with E-state index in [0.29, 0.717) is 5.92 Å². The van der Waals surface area contributed by atoms with Crippen LogP contribution < -0.4 is 42.6 Å². The number of benzene rings is 9. The number of para-hydroxylation sites is 3. The van der Waals surface area contributed by atoms with Crippen LogP contribution in [0.3, 0.4) is 0 Å². The molecule has 0 atom stereocenters. The Labute approximate surface area is 442 Å². The fourth-order valence-electron chi connectivity index (χ4n) is 13.9. The Morgan fingerprint density at radius 2 is 0.867 bits per heavy atom. The predicted molar refractivity (Wildman–Crippen MR) is 324 cm³/mol. The number of anilines is 6. The summed E-state index contributed by atoms with van der Waals surface area (Å²) in [5.41, 5.74) is 28.6. The number of rotatable bonds is 3. The van der Waals surface area contributed by atoms with Crippen LogP contribution in [0.15, 0.2) is 170 Å². The Morgan fingerprint density at radius 3 is 1.43 bits per heavy atom. The number of hydrogen-bond donors (Lipinski definition) is 0. The van der Waals surface area contributed by atoms with Crippen LogP contribution >= 0.6 is 0 Å². The summed E-state index contributed by atoms with van der Waals surface area (Å²) in [7, 11) is 0. The van der Waals surface area contributed by atoms with Gasteiger partial charge in [0, 0.05) is 67.0 Å². The molecule has 0 fully saturated rings. The topological polar surface area (TPSA) is 16.3 Å². The van der Waals surface area contributed by atoms with Gasteiger partial charge < -0.3 is 18.9 Å². The molecule has 0 radical (unpaired) electrons. The van der Waals surface area contributed by atoms with E-state index in [0.717, 1.165) is 0 Å². The summed E-state index contributed by atoms with van der Waals surface area (Å²) in [6.07, 6.45) is 0. The molecule has 0 saturated carbocycles. The molecule has 4 aliphatic heterocycles. The number of hydrogen-bond acceptors (Lipinski definition) is 2. The molecule has 0 spiro atoms. The van der Waals surface area contributed by atoms with Crippen molar-refractivity contribution in [3.63, 3.8) is 0 Å². The second kappa shape index (κ2) is 15.0. The maximum atomic E-state index is 2.72. The molecule has 364 valence electrons. The van der Waals surface area contributed by atoms with E-state index in [2.05, 4.69) is 265 Å². The zero-order valence-corrected chi connectivity index (χ0v) is 45.2. The van der Waals surface area contributed by atoms with Crippen molar-refractivity contribution >= 4 is 124 Å². The van der Waals surface area contributed by atoms with Gasteiger partial charge in [0.05, 0.1) is 22.1 Å². The maximum Gasteiger partial charge on any atom is 0.252 e. The van der Waals surface area contributed by atoms with Gasteiger partial charge in [0.2, 0.25) is 0 Å². The summed E-state index contributed by atoms with van der Waals surface area (Å²) in [5.74, 6) is 0.426.